The average Bonchev–Trinajstić information content (AvgIpc) is 2.82. The molecule has 1 spiro atoms. The Morgan fingerprint density at radius 1 is 1.00 bits per heavy atom. The largest absolute Gasteiger partial charge is 0.378 e. The molecule has 17 heavy (non-hydrogen) atoms. The lowest BCUT2D eigenvalue weighted by atomic mass is 9.67. The molecule has 0 saturated heterocycles. The summed E-state index contributed by atoms with van der Waals surface area (Å²) in [6.07, 6.45) is 6.99. The van der Waals surface area contributed by atoms with Gasteiger partial charge < -0.3 is 4.74 Å². The van der Waals surface area contributed by atoms with Crippen molar-refractivity contribution < 1.29 is 4.74 Å². The molecule has 3 aliphatic rings. The fourth-order valence-electron chi connectivity index (χ4n) is 6.12. The van der Waals surface area contributed by atoms with E-state index in [-0.39, 0.29) is 5.60 Å². The Kier molecular flexibility index (Phi) is 2.32. The van der Waals surface area contributed by atoms with Crippen LogP contribution < -0.4 is 0 Å². The molecule has 0 radical (unpaired) electrons. The van der Waals surface area contributed by atoms with E-state index in [0.717, 1.165) is 17.8 Å². The van der Waals surface area contributed by atoms with Gasteiger partial charge in [0.1, 0.15) is 0 Å². The van der Waals surface area contributed by atoms with Gasteiger partial charge in [0.15, 0.2) is 0 Å². The van der Waals surface area contributed by atoms with Crippen LogP contribution in [0.3, 0.4) is 0 Å². The molecular formula is C16H28O. The maximum absolute atomic E-state index is 5.96. The zero-order valence-electron chi connectivity index (χ0n) is 12.2. The van der Waals surface area contributed by atoms with Crippen LogP contribution >= 0.6 is 0 Å². The second-order valence-electron chi connectivity index (χ2n) is 7.91. The molecule has 3 aliphatic carbocycles. The molecule has 0 N–H and O–H groups in total. The van der Waals surface area contributed by atoms with Crippen LogP contribution in [0.25, 0.3) is 0 Å². The van der Waals surface area contributed by atoms with E-state index in [4.69, 9.17) is 4.74 Å². The van der Waals surface area contributed by atoms with E-state index < -0.39 is 0 Å². The van der Waals surface area contributed by atoms with Gasteiger partial charge in [0.05, 0.1) is 5.60 Å². The molecule has 0 aromatic rings. The number of rotatable bonds is 1. The topological polar surface area (TPSA) is 9.23 Å². The summed E-state index contributed by atoms with van der Waals surface area (Å²) in [5, 5.41) is 0. The van der Waals surface area contributed by atoms with Crippen LogP contribution in [0.2, 0.25) is 0 Å². The average molecular weight is 236 g/mol. The van der Waals surface area contributed by atoms with Crippen molar-refractivity contribution in [3.8, 4) is 0 Å². The van der Waals surface area contributed by atoms with Crippen molar-refractivity contribution >= 4 is 0 Å². The van der Waals surface area contributed by atoms with E-state index in [2.05, 4.69) is 27.7 Å². The van der Waals surface area contributed by atoms with Crippen molar-refractivity contribution in [2.24, 2.45) is 28.6 Å². The zero-order chi connectivity index (χ0) is 12.5. The van der Waals surface area contributed by atoms with E-state index in [0.29, 0.717) is 10.8 Å². The third-order valence-corrected chi connectivity index (χ3v) is 7.03. The van der Waals surface area contributed by atoms with Crippen LogP contribution in [-0.4, -0.2) is 12.7 Å². The molecule has 3 rings (SSSR count). The quantitative estimate of drug-likeness (QED) is 0.661. The lowest BCUT2D eigenvalue weighted by Gasteiger charge is -2.39. The molecule has 3 saturated carbocycles. The van der Waals surface area contributed by atoms with Crippen LogP contribution in [0.15, 0.2) is 0 Å². The SMILES string of the molecule is COC1(C)CCC23C(CC[C@@H]2C)C(C)(C)CC13. The highest BCUT2D eigenvalue weighted by molar-refractivity contribution is 5.18. The maximum Gasteiger partial charge on any atom is 0.0684 e. The smallest absolute Gasteiger partial charge is 0.0684 e. The second kappa shape index (κ2) is 3.29. The van der Waals surface area contributed by atoms with Crippen LogP contribution in [0.5, 0.6) is 0 Å². The molecule has 0 amide bonds. The standard InChI is InChI=1S/C16H28O/c1-11-6-7-12-14(2,3)10-13-15(4,17-5)8-9-16(11,12)13/h11-13H,6-10H2,1-5H3/t11-,12?,13?,15?,16?/m0/s1. The number of ether oxygens (including phenoxy) is 1. The molecule has 0 heterocycles. The van der Waals surface area contributed by atoms with Crippen LogP contribution in [0.4, 0.5) is 0 Å². The molecule has 98 valence electrons. The van der Waals surface area contributed by atoms with Gasteiger partial charge in [-0.15, -0.1) is 0 Å². The summed E-state index contributed by atoms with van der Waals surface area (Å²) >= 11 is 0. The maximum atomic E-state index is 5.96. The van der Waals surface area contributed by atoms with Crippen molar-refractivity contribution in [2.45, 2.75) is 65.4 Å². The van der Waals surface area contributed by atoms with Crippen molar-refractivity contribution in [3.05, 3.63) is 0 Å². The van der Waals surface area contributed by atoms with Crippen molar-refractivity contribution in [1.82, 2.24) is 0 Å². The summed E-state index contributed by atoms with van der Waals surface area (Å²) in [7, 11) is 1.93. The first kappa shape index (κ1) is 12.0. The van der Waals surface area contributed by atoms with Gasteiger partial charge >= 0.3 is 0 Å². The Hall–Kier alpha value is -0.0400. The fraction of sp³-hybridized carbons (Fsp3) is 1.00. The zero-order valence-corrected chi connectivity index (χ0v) is 12.2. The van der Waals surface area contributed by atoms with Gasteiger partial charge in [0.2, 0.25) is 0 Å². The first-order valence-corrected chi connectivity index (χ1v) is 7.42. The first-order valence-electron chi connectivity index (χ1n) is 7.42. The van der Waals surface area contributed by atoms with E-state index in [1.54, 1.807) is 0 Å². The fourth-order valence-corrected chi connectivity index (χ4v) is 6.12. The molecule has 1 heteroatoms. The third-order valence-electron chi connectivity index (χ3n) is 7.03. The van der Waals surface area contributed by atoms with Gasteiger partial charge in [0, 0.05) is 7.11 Å². The minimum Gasteiger partial charge on any atom is -0.378 e. The summed E-state index contributed by atoms with van der Waals surface area (Å²) in [5.74, 6) is 2.67. The second-order valence-corrected chi connectivity index (χ2v) is 7.91. The summed E-state index contributed by atoms with van der Waals surface area (Å²) in [6, 6.07) is 0. The number of methoxy groups -OCH3 is 1. The highest BCUT2D eigenvalue weighted by atomic mass is 16.5. The van der Waals surface area contributed by atoms with Crippen molar-refractivity contribution in [3.63, 3.8) is 0 Å². The Morgan fingerprint density at radius 3 is 2.35 bits per heavy atom. The van der Waals surface area contributed by atoms with Gasteiger partial charge in [0.25, 0.3) is 0 Å². The highest BCUT2D eigenvalue weighted by Crippen LogP contribution is 2.74. The lowest BCUT2D eigenvalue weighted by molar-refractivity contribution is -0.0500. The van der Waals surface area contributed by atoms with E-state index in [1.165, 1.54) is 32.1 Å². The molecule has 4 unspecified atom stereocenters. The Balaban J connectivity index is 2.06. The minimum absolute atomic E-state index is 0.157. The van der Waals surface area contributed by atoms with Gasteiger partial charge in [-0.2, -0.15) is 0 Å². The molecule has 0 aliphatic heterocycles. The Bertz CT molecular complexity index is 334. The van der Waals surface area contributed by atoms with Gasteiger partial charge in [-0.3, -0.25) is 0 Å². The van der Waals surface area contributed by atoms with E-state index in [1.807, 2.05) is 7.11 Å². The third kappa shape index (κ3) is 1.25. The monoisotopic (exact) mass is 236 g/mol. The van der Waals surface area contributed by atoms with Crippen molar-refractivity contribution in [1.29, 1.82) is 0 Å². The molecule has 3 fully saturated rings. The normalized spacial score (nSPS) is 55.9. The predicted molar refractivity (Wildman–Crippen MR) is 70.9 cm³/mol. The summed E-state index contributed by atoms with van der Waals surface area (Å²) < 4.78 is 5.96. The number of hydrogen-bond donors (Lipinski definition) is 0. The molecule has 0 bridgehead atoms. The summed E-state index contributed by atoms with van der Waals surface area (Å²) in [5.41, 5.74) is 1.31. The predicted octanol–water partition coefficient (Wildman–Crippen LogP) is 4.26. The summed E-state index contributed by atoms with van der Waals surface area (Å²) in [6.45, 7) is 9.89. The molecule has 1 nitrogen and oxygen atoms in total. The van der Waals surface area contributed by atoms with Crippen LogP contribution in [-0.2, 0) is 4.74 Å². The van der Waals surface area contributed by atoms with Gasteiger partial charge in [-0.25, -0.2) is 0 Å². The summed E-state index contributed by atoms with van der Waals surface area (Å²) in [4.78, 5) is 0. The molecule has 0 aromatic carbocycles. The Morgan fingerprint density at radius 2 is 1.71 bits per heavy atom. The van der Waals surface area contributed by atoms with Crippen molar-refractivity contribution in [2.75, 3.05) is 7.11 Å². The lowest BCUT2D eigenvalue weighted by Crippen LogP contribution is -2.39. The minimum atomic E-state index is 0.157. The molecule has 0 aromatic heterocycles. The van der Waals surface area contributed by atoms with Gasteiger partial charge in [-0.1, -0.05) is 20.8 Å². The van der Waals surface area contributed by atoms with E-state index >= 15 is 0 Å². The van der Waals surface area contributed by atoms with Gasteiger partial charge in [-0.05, 0) is 67.6 Å². The van der Waals surface area contributed by atoms with Crippen LogP contribution in [0.1, 0.15) is 59.8 Å². The first-order chi connectivity index (χ1) is 7.87. The number of hydrogen-bond acceptors (Lipinski definition) is 1. The van der Waals surface area contributed by atoms with E-state index in [9.17, 15) is 0 Å². The molecule has 5 atom stereocenters. The van der Waals surface area contributed by atoms with Crippen LogP contribution in [0, 0.1) is 28.6 Å². The molecular weight excluding hydrogens is 208 g/mol. The highest BCUT2D eigenvalue weighted by Gasteiger charge is 2.69. The Labute approximate surface area is 106 Å².